The molecule has 0 heterocycles. The van der Waals surface area contributed by atoms with Crippen molar-refractivity contribution in [2.24, 2.45) is 0 Å². The molecule has 0 aliphatic carbocycles. The van der Waals surface area contributed by atoms with Gasteiger partial charge in [-0.05, 0) is 73.4 Å². The Kier molecular flexibility index (Phi) is 9.49. The molecule has 3 rings (SSSR count). The maximum Gasteiger partial charge on any atom is 0.123 e. The first-order chi connectivity index (χ1) is 20.2. The van der Waals surface area contributed by atoms with Crippen LogP contribution < -0.4 is 0 Å². The predicted molar refractivity (Wildman–Crippen MR) is 193 cm³/mol. The zero-order chi connectivity index (χ0) is 34.7. The van der Waals surface area contributed by atoms with Gasteiger partial charge in [0.1, 0.15) is 17.2 Å². The van der Waals surface area contributed by atoms with Crippen molar-refractivity contribution in [3.05, 3.63) is 87.0 Å². The lowest BCUT2D eigenvalue weighted by atomic mass is 9.57. The van der Waals surface area contributed by atoms with E-state index < -0.39 is 10.8 Å². The highest BCUT2D eigenvalue weighted by Crippen LogP contribution is 2.58. The van der Waals surface area contributed by atoms with Gasteiger partial charge in [0.05, 0.1) is 5.41 Å². The van der Waals surface area contributed by atoms with Crippen molar-refractivity contribution >= 4 is 0 Å². The highest BCUT2D eigenvalue weighted by molar-refractivity contribution is 5.69. The molecule has 0 saturated carbocycles. The quantitative estimate of drug-likeness (QED) is 0.251. The van der Waals surface area contributed by atoms with Gasteiger partial charge in [0.15, 0.2) is 0 Å². The van der Waals surface area contributed by atoms with Crippen molar-refractivity contribution in [3.8, 4) is 17.2 Å². The van der Waals surface area contributed by atoms with Crippen LogP contribution in [0, 0.1) is 0 Å². The predicted octanol–water partition coefficient (Wildman–Crippen LogP) is 11.4. The highest BCUT2D eigenvalue weighted by Gasteiger charge is 2.48. The molecule has 45 heavy (non-hydrogen) atoms. The summed E-state index contributed by atoms with van der Waals surface area (Å²) in [7, 11) is 0. The summed E-state index contributed by atoms with van der Waals surface area (Å²) in [5.41, 5.74) is 5.19. The zero-order valence-electron chi connectivity index (χ0n) is 31.3. The first kappa shape index (κ1) is 36.5. The minimum Gasteiger partial charge on any atom is -0.508 e. The monoisotopic (exact) mass is 614 g/mol. The van der Waals surface area contributed by atoms with Crippen LogP contribution in [0.3, 0.4) is 0 Å². The Morgan fingerprint density at radius 3 is 1.16 bits per heavy atom. The van der Waals surface area contributed by atoms with E-state index in [2.05, 4.69) is 129 Å². The molecule has 3 heteroatoms. The van der Waals surface area contributed by atoms with E-state index in [0.29, 0.717) is 12.2 Å². The summed E-state index contributed by atoms with van der Waals surface area (Å²) in [5, 5.41) is 36.4. The fourth-order valence-corrected chi connectivity index (χ4v) is 6.88. The number of phenols is 3. The van der Waals surface area contributed by atoms with Crippen molar-refractivity contribution < 1.29 is 15.3 Å². The number of rotatable bonds is 5. The normalized spacial score (nSPS) is 13.8. The maximum atomic E-state index is 12.4. The second-order valence-corrected chi connectivity index (χ2v) is 18.4. The summed E-state index contributed by atoms with van der Waals surface area (Å²) in [6.07, 6.45) is 1.41. The van der Waals surface area contributed by atoms with E-state index >= 15 is 0 Å². The SMILES string of the molecule is CCCC(c1cc(C(C)(C)C)ccc1O)(c1cc(C(C)(C)C)ccc1O)c1c(C(C)(C)C)cc(C(C)(C)C)c(O)c1C(C)(C)C. The number of phenolic OH excluding ortho intramolecular Hbond substituents is 3. The van der Waals surface area contributed by atoms with Crippen molar-refractivity contribution in [2.75, 3.05) is 0 Å². The highest BCUT2D eigenvalue weighted by atomic mass is 16.3. The van der Waals surface area contributed by atoms with Crippen LogP contribution in [0.15, 0.2) is 42.5 Å². The molecule has 3 aromatic rings. The average molecular weight is 615 g/mol. The molecule has 0 fully saturated rings. The summed E-state index contributed by atoms with van der Waals surface area (Å²) in [6.45, 7) is 34.9. The first-order valence-electron chi connectivity index (χ1n) is 16.8. The standard InChI is InChI=1S/C42H62O3/c1-17-22-42(28-23-26(37(2,3)4)18-20-32(28)43,29-24-27(38(5,6)7)19-21-33(29)44)34-30(39(8,9)10)25-31(40(11,12)13)36(45)35(34)41(14,15)16/h18-21,23-25,43-45H,17,22H2,1-16H3. The number of hydrogen-bond donors (Lipinski definition) is 3. The molecule has 0 unspecified atom stereocenters. The van der Waals surface area contributed by atoms with Crippen LogP contribution in [0.1, 0.15) is 168 Å². The Labute approximate surface area is 275 Å². The average Bonchev–Trinajstić information content (AvgIpc) is 2.84. The largest absolute Gasteiger partial charge is 0.508 e. The molecule has 248 valence electrons. The maximum absolute atomic E-state index is 12.4. The molecule has 0 aliphatic rings. The summed E-state index contributed by atoms with van der Waals surface area (Å²) < 4.78 is 0. The third-order valence-electron chi connectivity index (χ3n) is 9.36. The molecule has 0 spiro atoms. The van der Waals surface area contributed by atoms with Gasteiger partial charge in [-0.25, -0.2) is 0 Å². The molecule has 0 bridgehead atoms. The molecule has 0 radical (unpaired) electrons. The Morgan fingerprint density at radius 1 is 0.444 bits per heavy atom. The van der Waals surface area contributed by atoms with E-state index in [9.17, 15) is 15.3 Å². The van der Waals surface area contributed by atoms with Crippen LogP contribution in [0.25, 0.3) is 0 Å². The molecule has 0 saturated heterocycles. The topological polar surface area (TPSA) is 60.7 Å². The van der Waals surface area contributed by atoms with Gasteiger partial charge >= 0.3 is 0 Å². The van der Waals surface area contributed by atoms with Crippen LogP contribution in [0.5, 0.6) is 17.2 Å². The molecule has 0 amide bonds. The summed E-state index contributed by atoms with van der Waals surface area (Å²) in [6, 6.07) is 14.2. The van der Waals surface area contributed by atoms with Gasteiger partial charge in [-0.1, -0.05) is 148 Å². The van der Waals surface area contributed by atoms with Crippen molar-refractivity contribution in [1.82, 2.24) is 0 Å². The minimum atomic E-state index is -0.982. The lowest BCUT2D eigenvalue weighted by molar-refractivity contribution is 0.393. The molecule has 0 atom stereocenters. The lowest BCUT2D eigenvalue weighted by Crippen LogP contribution is -2.38. The van der Waals surface area contributed by atoms with Gasteiger partial charge in [-0.2, -0.15) is 0 Å². The Morgan fingerprint density at radius 2 is 0.844 bits per heavy atom. The van der Waals surface area contributed by atoms with Gasteiger partial charge in [-0.3, -0.25) is 0 Å². The molecule has 0 aliphatic heterocycles. The van der Waals surface area contributed by atoms with Crippen molar-refractivity contribution in [2.45, 2.75) is 156 Å². The van der Waals surface area contributed by atoms with Gasteiger partial charge < -0.3 is 15.3 Å². The second kappa shape index (κ2) is 11.7. The van der Waals surface area contributed by atoms with E-state index in [-0.39, 0.29) is 33.2 Å². The minimum absolute atomic E-state index is 0.173. The molecular formula is C42H62O3. The number of hydrogen-bond acceptors (Lipinski definition) is 3. The summed E-state index contributed by atoms with van der Waals surface area (Å²) in [4.78, 5) is 0. The van der Waals surface area contributed by atoms with E-state index in [4.69, 9.17) is 0 Å². The van der Waals surface area contributed by atoms with Gasteiger partial charge in [0.2, 0.25) is 0 Å². The van der Waals surface area contributed by atoms with E-state index in [1.54, 1.807) is 0 Å². The number of aromatic hydroxyl groups is 3. The van der Waals surface area contributed by atoms with Gasteiger partial charge in [0.25, 0.3) is 0 Å². The molecule has 3 aromatic carbocycles. The van der Waals surface area contributed by atoms with Crippen LogP contribution in [0.4, 0.5) is 0 Å². The zero-order valence-corrected chi connectivity index (χ0v) is 31.3. The molecule has 0 aromatic heterocycles. The van der Waals surface area contributed by atoms with Crippen LogP contribution in [-0.4, -0.2) is 15.3 Å². The Balaban J connectivity index is 2.91. The molecule has 3 N–H and O–H groups in total. The smallest absolute Gasteiger partial charge is 0.123 e. The molecule has 3 nitrogen and oxygen atoms in total. The van der Waals surface area contributed by atoms with E-state index in [1.165, 1.54) is 0 Å². The third kappa shape index (κ3) is 6.93. The Hall–Kier alpha value is -2.94. The van der Waals surface area contributed by atoms with Crippen molar-refractivity contribution in [3.63, 3.8) is 0 Å². The summed E-state index contributed by atoms with van der Waals surface area (Å²) >= 11 is 0. The fraction of sp³-hybridized carbons (Fsp3) is 0.571. The second-order valence-electron chi connectivity index (χ2n) is 18.4. The van der Waals surface area contributed by atoms with Crippen molar-refractivity contribution in [1.29, 1.82) is 0 Å². The van der Waals surface area contributed by atoms with E-state index in [1.807, 2.05) is 24.3 Å². The van der Waals surface area contributed by atoms with Crippen LogP contribution in [-0.2, 0) is 32.5 Å². The van der Waals surface area contributed by atoms with Gasteiger partial charge in [-0.15, -0.1) is 0 Å². The lowest BCUT2D eigenvalue weighted by Gasteiger charge is -2.45. The fourth-order valence-electron chi connectivity index (χ4n) is 6.88. The van der Waals surface area contributed by atoms with E-state index in [0.717, 1.165) is 50.9 Å². The Bertz CT molecular complexity index is 1470. The number of benzene rings is 3. The summed E-state index contributed by atoms with van der Waals surface area (Å²) in [5.74, 6) is 0.684. The molecular weight excluding hydrogens is 552 g/mol. The van der Waals surface area contributed by atoms with Crippen LogP contribution >= 0.6 is 0 Å². The van der Waals surface area contributed by atoms with Crippen LogP contribution in [0.2, 0.25) is 0 Å². The third-order valence-corrected chi connectivity index (χ3v) is 9.36. The van der Waals surface area contributed by atoms with Gasteiger partial charge in [0, 0.05) is 16.7 Å². The first-order valence-corrected chi connectivity index (χ1v) is 16.8.